The first-order chi connectivity index (χ1) is 9.96. The van der Waals surface area contributed by atoms with E-state index in [-0.39, 0.29) is 0 Å². The highest BCUT2D eigenvalue weighted by atomic mass is 35.5. The summed E-state index contributed by atoms with van der Waals surface area (Å²) in [7, 11) is 4.06. The third-order valence-corrected chi connectivity index (χ3v) is 4.62. The van der Waals surface area contributed by atoms with Crippen LogP contribution in [0, 0.1) is 0 Å². The number of nitrogens with zero attached hydrogens (tertiary/aromatic N) is 4. The molecule has 0 aliphatic carbocycles. The lowest BCUT2D eigenvalue weighted by Crippen LogP contribution is -2.33. The zero-order valence-electron chi connectivity index (χ0n) is 13.3. The molecule has 1 aliphatic heterocycles. The Morgan fingerprint density at radius 1 is 1.38 bits per heavy atom. The van der Waals surface area contributed by atoms with Crippen LogP contribution in [0.25, 0.3) is 0 Å². The molecule has 0 amide bonds. The average molecular weight is 315 g/mol. The highest BCUT2D eigenvalue weighted by Gasteiger charge is 2.36. The van der Waals surface area contributed by atoms with Gasteiger partial charge in [0.05, 0.1) is 23.5 Å². The van der Waals surface area contributed by atoms with Gasteiger partial charge in [-0.05, 0) is 46.4 Å². The van der Waals surface area contributed by atoms with Crippen molar-refractivity contribution in [2.45, 2.75) is 38.3 Å². The van der Waals surface area contributed by atoms with Gasteiger partial charge in [-0.2, -0.15) is 5.10 Å². The summed E-state index contributed by atoms with van der Waals surface area (Å²) < 4.78 is 1.88. The van der Waals surface area contributed by atoms with E-state index in [1.807, 2.05) is 18.8 Å². The molecule has 21 heavy (non-hydrogen) atoms. The molecule has 120 valence electrons. The number of halogens is 1. The van der Waals surface area contributed by atoms with E-state index in [1.54, 1.807) is 6.20 Å². The van der Waals surface area contributed by atoms with Gasteiger partial charge in [0.15, 0.2) is 0 Å². The first-order valence-corrected chi connectivity index (χ1v) is 8.15. The highest BCUT2D eigenvalue weighted by Crippen LogP contribution is 2.36. The molecular formula is C15H27ClN4O. The molecule has 2 heterocycles. The number of likely N-dealkylation sites (tertiary alicyclic amines) is 1. The van der Waals surface area contributed by atoms with Crippen LogP contribution < -0.4 is 0 Å². The van der Waals surface area contributed by atoms with Crippen LogP contribution in [0.1, 0.15) is 31.9 Å². The van der Waals surface area contributed by atoms with E-state index in [9.17, 15) is 5.11 Å². The lowest BCUT2D eigenvalue weighted by Gasteiger charge is -2.28. The second kappa shape index (κ2) is 7.09. The highest BCUT2D eigenvalue weighted by molar-refractivity contribution is 6.31. The average Bonchev–Trinajstić information content (AvgIpc) is 2.70. The minimum Gasteiger partial charge on any atom is -0.383 e. The molecule has 0 spiro atoms. The van der Waals surface area contributed by atoms with Gasteiger partial charge in [0.2, 0.25) is 0 Å². The molecule has 1 atom stereocenters. The molecular weight excluding hydrogens is 288 g/mol. The molecule has 1 aromatic heterocycles. The predicted molar refractivity (Wildman–Crippen MR) is 85.7 cm³/mol. The van der Waals surface area contributed by atoms with Crippen molar-refractivity contribution in [2.75, 3.05) is 40.3 Å². The van der Waals surface area contributed by atoms with Gasteiger partial charge in [-0.25, -0.2) is 0 Å². The largest absolute Gasteiger partial charge is 0.383 e. The zero-order chi connectivity index (χ0) is 15.5. The number of likely N-dealkylation sites (N-methyl/N-ethyl adjacent to an activating group) is 1. The van der Waals surface area contributed by atoms with Crippen molar-refractivity contribution in [1.82, 2.24) is 19.6 Å². The lowest BCUT2D eigenvalue weighted by molar-refractivity contribution is 0.0123. The molecule has 6 heteroatoms. The molecule has 1 aliphatic rings. The standard InChI is InChI=1S/C15H27ClN4O/c1-4-19-8-5-6-15(21,7-9-19)14-13(16)12-17-20(14)11-10-18(2)3/h12,21H,4-11H2,1-3H3. The normalized spacial score (nSPS) is 24.5. The SMILES string of the molecule is CCN1CCCC(O)(c2c(Cl)cnn2CCN(C)C)CC1. The van der Waals surface area contributed by atoms with Gasteiger partial charge in [-0.3, -0.25) is 4.68 Å². The third-order valence-electron chi connectivity index (χ3n) is 4.35. The van der Waals surface area contributed by atoms with Crippen LogP contribution in [0.5, 0.6) is 0 Å². The fraction of sp³-hybridized carbons (Fsp3) is 0.800. The maximum absolute atomic E-state index is 11.2. The van der Waals surface area contributed by atoms with Gasteiger partial charge in [-0.1, -0.05) is 18.5 Å². The van der Waals surface area contributed by atoms with E-state index < -0.39 is 5.60 Å². The van der Waals surface area contributed by atoms with Crippen molar-refractivity contribution in [3.63, 3.8) is 0 Å². The smallest absolute Gasteiger partial charge is 0.109 e. The van der Waals surface area contributed by atoms with E-state index in [2.05, 4.69) is 21.8 Å². The summed E-state index contributed by atoms with van der Waals surface area (Å²) in [5.74, 6) is 0. The summed E-state index contributed by atoms with van der Waals surface area (Å²) in [4.78, 5) is 4.49. The predicted octanol–water partition coefficient (Wildman–Crippen LogP) is 1.79. The Labute approximate surface area is 132 Å². The third kappa shape index (κ3) is 3.97. The van der Waals surface area contributed by atoms with Crippen molar-refractivity contribution in [1.29, 1.82) is 0 Å². The van der Waals surface area contributed by atoms with Crippen molar-refractivity contribution in [3.05, 3.63) is 16.9 Å². The van der Waals surface area contributed by atoms with Crippen molar-refractivity contribution in [2.24, 2.45) is 0 Å². The molecule has 1 fully saturated rings. The Kier molecular flexibility index (Phi) is 5.66. The maximum Gasteiger partial charge on any atom is 0.109 e. The number of rotatable bonds is 5. The number of aromatic nitrogens is 2. The van der Waals surface area contributed by atoms with Crippen LogP contribution in [-0.2, 0) is 12.1 Å². The van der Waals surface area contributed by atoms with Crippen LogP contribution in [0.3, 0.4) is 0 Å². The summed E-state index contributed by atoms with van der Waals surface area (Å²) >= 11 is 6.34. The van der Waals surface area contributed by atoms with Crippen molar-refractivity contribution in [3.8, 4) is 0 Å². The molecule has 1 unspecified atom stereocenters. The van der Waals surface area contributed by atoms with E-state index in [0.29, 0.717) is 11.4 Å². The van der Waals surface area contributed by atoms with Gasteiger partial charge in [0, 0.05) is 13.1 Å². The van der Waals surface area contributed by atoms with Crippen molar-refractivity contribution < 1.29 is 5.11 Å². The first kappa shape index (κ1) is 16.7. The monoisotopic (exact) mass is 314 g/mol. The molecule has 0 bridgehead atoms. The topological polar surface area (TPSA) is 44.5 Å². The van der Waals surface area contributed by atoms with Gasteiger partial charge in [0.1, 0.15) is 5.60 Å². The Morgan fingerprint density at radius 2 is 2.14 bits per heavy atom. The first-order valence-electron chi connectivity index (χ1n) is 7.77. The Morgan fingerprint density at radius 3 is 2.81 bits per heavy atom. The number of hydrogen-bond acceptors (Lipinski definition) is 4. The molecule has 1 aromatic rings. The second-order valence-electron chi connectivity index (χ2n) is 6.19. The van der Waals surface area contributed by atoms with Gasteiger partial charge in [0.25, 0.3) is 0 Å². The van der Waals surface area contributed by atoms with E-state index in [4.69, 9.17) is 11.6 Å². The lowest BCUT2D eigenvalue weighted by atomic mass is 9.91. The molecule has 1 saturated heterocycles. The quantitative estimate of drug-likeness (QED) is 0.900. The van der Waals surface area contributed by atoms with Gasteiger partial charge < -0.3 is 14.9 Å². The molecule has 1 N–H and O–H groups in total. The van der Waals surface area contributed by atoms with E-state index in [1.165, 1.54) is 0 Å². The summed E-state index contributed by atoms with van der Waals surface area (Å²) in [6.45, 7) is 6.77. The number of hydrogen-bond donors (Lipinski definition) is 1. The minimum absolute atomic E-state index is 0.584. The fourth-order valence-corrected chi connectivity index (χ4v) is 3.33. The molecule has 0 aromatic carbocycles. The summed E-state index contributed by atoms with van der Waals surface area (Å²) in [6.07, 6.45) is 4.11. The van der Waals surface area contributed by atoms with Gasteiger partial charge in [-0.15, -0.1) is 0 Å². The summed E-state index contributed by atoms with van der Waals surface area (Å²) in [5, 5.41) is 16.1. The second-order valence-corrected chi connectivity index (χ2v) is 6.59. The van der Waals surface area contributed by atoms with E-state index in [0.717, 1.165) is 51.3 Å². The van der Waals surface area contributed by atoms with Crippen LogP contribution in [-0.4, -0.2) is 65.0 Å². The molecule has 2 rings (SSSR count). The number of aliphatic hydroxyl groups is 1. The van der Waals surface area contributed by atoms with Crippen LogP contribution in [0.4, 0.5) is 0 Å². The Bertz CT molecular complexity index is 463. The summed E-state index contributed by atoms with van der Waals surface area (Å²) in [5.41, 5.74) is -0.0620. The Hall–Kier alpha value is -0.620. The van der Waals surface area contributed by atoms with Crippen LogP contribution in [0.15, 0.2) is 6.20 Å². The summed E-state index contributed by atoms with van der Waals surface area (Å²) in [6, 6.07) is 0. The van der Waals surface area contributed by atoms with Crippen LogP contribution >= 0.6 is 11.6 Å². The van der Waals surface area contributed by atoms with Crippen LogP contribution in [0.2, 0.25) is 5.02 Å². The molecule has 5 nitrogen and oxygen atoms in total. The zero-order valence-corrected chi connectivity index (χ0v) is 14.1. The molecule has 0 saturated carbocycles. The minimum atomic E-state index is -0.857. The van der Waals surface area contributed by atoms with Crippen molar-refractivity contribution >= 4 is 11.6 Å². The fourth-order valence-electron chi connectivity index (χ4n) is 3.02. The van der Waals surface area contributed by atoms with E-state index >= 15 is 0 Å². The van der Waals surface area contributed by atoms with Gasteiger partial charge >= 0.3 is 0 Å². The molecule has 0 radical (unpaired) electrons. The maximum atomic E-state index is 11.2. The Balaban J connectivity index is 2.20.